The molecule has 0 N–H and O–H groups in total. The number of hydrogen-bond acceptors (Lipinski definition) is 4. The molecule has 0 aromatic carbocycles. The maximum absolute atomic E-state index is 5.97. The van der Waals surface area contributed by atoms with Gasteiger partial charge in [0, 0.05) is 0 Å². The maximum atomic E-state index is 5.97. The number of hydrogen-bond donors (Lipinski definition) is 0. The second kappa shape index (κ2) is 5.64. The van der Waals surface area contributed by atoms with Gasteiger partial charge in [-0.1, -0.05) is 0 Å². The normalized spacial score (nSPS) is 36.6. The summed E-state index contributed by atoms with van der Waals surface area (Å²) >= 11 is -2.96. The summed E-state index contributed by atoms with van der Waals surface area (Å²) in [6.45, 7) is 9.53. The van der Waals surface area contributed by atoms with E-state index in [0.29, 0.717) is 0 Å². The molecule has 0 spiro atoms. The Morgan fingerprint density at radius 2 is 1.62 bits per heavy atom. The number of fused-ring (bicyclic) bond motifs is 6. The zero-order chi connectivity index (χ0) is 11.4. The topological polar surface area (TPSA) is 30.9 Å². The molecule has 0 radical (unpaired) electrons. The zero-order valence-electron chi connectivity index (χ0n) is 10.2. The van der Waals surface area contributed by atoms with E-state index in [9.17, 15) is 0 Å². The summed E-state index contributed by atoms with van der Waals surface area (Å²) in [5.74, 6) is 0. The van der Waals surface area contributed by atoms with Crippen LogP contribution in [0.5, 0.6) is 0 Å². The summed E-state index contributed by atoms with van der Waals surface area (Å²) in [5, 5.41) is 0.885. The second-order valence-electron chi connectivity index (χ2n) is 4.38. The molecule has 3 heterocycles. The van der Waals surface area contributed by atoms with E-state index in [2.05, 4.69) is 24.8 Å². The van der Waals surface area contributed by atoms with Crippen LogP contribution < -0.4 is 0 Å². The van der Waals surface area contributed by atoms with Crippen molar-refractivity contribution in [3.05, 3.63) is 11.6 Å². The van der Waals surface area contributed by atoms with Crippen LogP contribution in [0.4, 0.5) is 0 Å². The summed E-state index contributed by atoms with van der Waals surface area (Å²) in [7, 11) is 0. The molecular formula is C11H21GeNO3. The quantitative estimate of drug-likeness (QED) is 0.565. The van der Waals surface area contributed by atoms with E-state index < -0.39 is 14.3 Å². The van der Waals surface area contributed by atoms with Crippen LogP contribution in [0.1, 0.15) is 13.8 Å². The second-order valence-corrected chi connectivity index (χ2v) is 9.81. The van der Waals surface area contributed by atoms with Gasteiger partial charge >= 0.3 is 101 Å². The predicted octanol–water partition coefficient (Wildman–Crippen LogP) is 1.27. The van der Waals surface area contributed by atoms with Gasteiger partial charge in [-0.3, -0.25) is 0 Å². The average Bonchev–Trinajstić information content (AvgIpc) is 2.19. The molecule has 92 valence electrons. The summed E-state index contributed by atoms with van der Waals surface area (Å²) in [4.78, 5) is 2.34. The SMILES string of the molecule is C/C=C(/C)[CH2][Ge]12[O]CCN(CC[O]1)CC[O]2. The molecule has 0 aromatic heterocycles. The van der Waals surface area contributed by atoms with E-state index in [1.807, 2.05) is 0 Å². The molecule has 0 unspecified atom stereocenters. The van der Waals surface area contributed by atoms with Crippen molar-refractivity contribution in [2.45, 2.75) is 19.1 Å². The van der Waals surface area contributed by atoms with Crippen LogP contribution in [0, 0.1) is 0 Å². The molecule has 5 heteroatoms. The van der Waals surface area contributed by atoms with Gasteiger partial charge in [-0.05, 0) is 0 Å². The molecule has 3 fully saturated rings. The molecule has 0 aromatic rings. The summed E-state index contributed by atoms with van der Waals surface area (Å²) < 4.78 is 17.9. The van der Waals surface area contributed by atoms with Crippen LogP contribution in [0.3, 0.4) is 0 Å². The van der Waals surface area contributed by atoms with Gasteiger partial charge in [-0.15, -0.1) is 0 Å². The molecule has 0 saturated carbocycles. The Labute approximate surface area is 101 Å². The third kappa shape index (κ3) is 3.08. The molecule has 0 amide bonds. The molecular weight excluding hydrogens is 267 g/mol. The van der Waals surface area contributed by atoms with Gasteiger partial charge in [0.25, 0.3) is 0 Å². The number of rotatable bonds is 2. The van der Waals surface area contributed by atoms with Crippen LogP contribution in [0.2, 0.25) is 5.25 Å². The minimum atomic E-state index is -2.96. The van der Waals surface area contributed by atoms with Gasteiger partial charge < -0.3 is 0 Å². The fraction of sp³-hybridized carbons (Fsp3) is 0.818. The van der Waals surface area contributed by atoms with E-state index >= 15 is 0 Å². The van der Waals surface area contributed by atoms with E-state index in [0.717, 1.165) is 44.7 Å². The molecule has 3 aliphatic rings. The molecule has 3 aliphatic heterocycles. The Morgan fingerprint density at radius 3 is 2.06 bits per heavy atom. The van der Waals surface area contributed by atoms with E-state index in [1.54, 1.807) is 0 Å². The molecule has 4 nitrogen and oxygen atoms in total. The molecule has 3 rings (SSSR count). The van der Waals surface area contributed by atoms with Crippen molar-refractivity contribution >= 4 is 14.3 Å². The van der Waals surface area contributed by atoms with Crippen molar-refractivity contribution in [1.82, 2.24) is 4.90 Å². The Hall–Kier alpha value is 0.123. The Bertz CT molecular complexity index is 243. The first kappa shape index (κ1) is 12.6. The standard InChI is InChI=1S/C11H21GeNO3/c1-3-11(2)10-12-14-7-4-13(5-8-15-12)6-9-16-12/h3H,4-10H2,1-2H3/b11-3-. The van der Waals surface area contributed by atoms with Gasteiger partial charge in [-0.2, -0.15) is 0 Å². The van der Waals surface area contributed by atoms with Crippen molar-refractivity contribution in [3.8, 4) is 0 Å². The van der Waals surface area contributed by atoms with Crippen LogP contribution in [0.15, 0.2) is 11.6 Å². The summed E-state index contributed by atoms with van der Waals surface area (Å²) in [5.41, 5.74) is 1.32. The first-order valence-electron chi connectivity index (χ1n) is 6.00. The van der Waals surface area contributed by atoms with Gasteiger partial charge in [0.2, 0.25) is 0 Å². The van der Waals surface area contributed by atoms with E-state index in [-0.39, 0.29) is 0 Å². The minimum absolute atomic E-state index is 0.761. The van der Waals surface area contributed by atoms with Gasteiger partial charge in [0.05, 0.1) is 0 Å². The molecule has 16 heavy (non-hydrogen) atoms. The Balaban J connectivity index is 2.08. The molecule has 2 bridgehead atoms. The first-order valence-corrected chi connectivity index (χ1v) is 10.1. The summed E-state index contributed by atoms with van der Waals surface area (Å²) in [6, 6.07) is 0. The molecule has 0 aliphatic carbocycles. The third-order valence-corrected chi connectivity index (χ3v) is 9.31. The van der Waals surface area contributed by atoms with Gasteiger partial charge in [-0.25, -0.2) is 0 Å². The fourth-order valence-corrected chi connectivity index (χ4v) is 7.61. The number of allylic oxidation sites excluding steroid dienone is 2. The zero-order valence-corrected chi connectivity index (χ0v) is 12.3. The Morgan fingerprint density at radius 1 is 1.12 bits per heavy atom. The molecule has 3 saturated heterocycles. The third-order valence-electron chi connectivity index (χ3n) is 3.18. The Kier molecular flexibility index (Phi) is 4.43. The van der Waals surface area contributed by atoms with Crippen molar-refractivity contribution < 1.29 is 11.3 Å². The average molecular weight is 288 g/mol. The fourth-order valence-electron chi connectivity index (χ4n) is 2.05. The van der Waals surface area contributed by atoms with Crippen LogP contribution in [0.25, 0.3) is 0 Å². The van der Waals surface area contributed by atoms with Crippen LogP contribution in [-0.4, -0.2) is 58.6 Å². The van der Waals surface area contributed by atoms with Crippen molar-refractivity contribution in [1.29, 1.82) is 0 Å². The van der Waals surface area contributed by atoms with Crippen LogP contribution in [-0.2, 0) is 11.3 Å². The van der Waals surface area contributed by atoms with Gasteiger partial charge in [0.1, 0.15) is 0 Å². The van der Waals surface area contributed by atoms with Crippen molar-refractivity contribution in [2.75, 3.05) is 39.5 Å². The van der Waals surface area contributed by atoms with Crippen LogP contribution >= 0.6 is 0 Å². The van der Waals surface area contributed by atoms with Crippen molar-refractivity contribution in [2.24, 2.45) is 0 Å². The number of nitrogens with zero attached hydrogens (tertiary/aromatic N) is 1. The summed E-state index contributed by atoms with van der Waals surface area (Å²) in [6.07, 6.45) is 2.12. The monoisotopic (exact) mass is 289 g/mol. The van der Waals surface area contributed by atoms with E-state index in [4.69, 9.17) is 11.3 Å². The van der Waals surface area contributed by atoms with Crippen molar-refractivity contribution in [3.63, 3.8) is 0 Å². The van der Waals surface area contributed by atoms with E-state index in [1.165, 1.54) is 5.57 Å². The predicted molar refractivity (Wildman–Crippen MR) is 64.3 cm³/mol. The van der Waals surface area contributed by atoms with Gasteiger partial charge in [0.15, 0.2) is 0 Å². The first-order chi connectivity index (χ1) is 7.74. The molecule has 0 atom stereocenters.